The van der Waals surface area contributed by atoms with Crippen LogP contribution in [0.2, 0.25) is 0 Å². The molecule has 3 rings (SSSR count). The smallest absolute Gasteiger partial charge is 0.246 e. The van der Waals surface area contributed by atoms with Gasteiger partial charge in [-0.1, -0.05) is 17.9 Å². The van der Waals surface area contributed by atoms with Gasteiger partial charge in [-0.2, -0.15) is 10.2 Å². The summed E-state index contributed by atoms with van der Waals surface area (Å²) in [4.78, 5) is 36.5. The van der Waals surface area contributed by atoms with Crippen LogP contribution >= 0.6 is 0 Å². The minimum absolute atomic E-state index is 0.00715. The molecule has 198 valence electrons. The van der Waals surface area contributed by atoms with Gasteiger partial charge in [0.25, 0.3) is 0 Å². The summed E-state index contributed by atoms with van der Waals surface area (Å²) in [7, 11) is 5.44. The predicted octanol–water partition coefficient (Wildman–Crippen LogP) is 2.49. The summed E-state index contributed by atoms with van der Waals surface area (Å²) in [5.41, 5.74) is 2.09. The van der Waals surface area contributed by atoms with Crippen LogP contribution in [0.5, 0.6) is 0 Å². The molecule has 0 atom stereocenters. The van der Waals surface area contributed by atoms with Gasteiger partial charge in [0.1, 0.15) is 5.82 Å². The van der Waals surface area contributed by atoms with E-state index in [9.17, 15) is 9.59 Å². The first kappa shape index (κ1) is 28.2. The van der Waals surface area contributed by atoms with Crippen molar-refractivity contribution in [1.29, 1.82) is 5.26 Å². The van der Waals surface area contributed by atoms with Crippen molar-refractivity contribution in [3.63, 3.8) is 0 Å². The van der Waals surface area contributed by atoms with Gasteiger partial charge < -0.3 is 25.8 Å². The molecule has 1 aromatic carbocycles. The average Bonchev–Trinajstić information content (AvgIpc) is 3.71. The molecule has 0 aliphatic heterocycles. The Morgan fingerprint density at radius 3 is 2.63 bits per heavy atom. The molecular weight excluding hydrogens is 480 g/mol. The zero-order valence-electron chi connectivity index (χ0n) is 22.1. The molecule has 10 heteroatoms. The molecule has 0 spiro atoms. The molecular formula is C28H34N8O2. The van der Waals surface area contributed by atoms with Gasteiger partial charge in [0.15, 0.2) is 0 Å². The van der Waals surface area contributed by atoms with E-state index in [1.165, 1.54) is 11.0 Å². The zero-order chi connectivity index (χ0) is 27.3. The topological polar surface area (TPSA) is 126 Å². The number of benzene rings is 1. The maximum absolute atomic E-state index is 12.1. The first-order chi connectivity index (χ1) is 18.3. The third kappa shape index (κ3) is 9.92. The van der Waals surface area contributed by atoms with Gasteiger partial charge in [0.05, 0.1) is 29.9 Å². The number of aromatic nitrogens is 2. The number of nitrogens with zero attached hydrogens (tertiary/aromatic N) is 5. The molecule has 1 aliphatic rings. The van der Waals surface area contributed by atoms with Gasteiger partial charge in [-0.25, -0.2) is 4.98 Å². The average molecular weight is 515 g/mol. The van der Waals surface area contributed by atoms with Crippen molar-refractivity contribution in [2.24, 2.45) is 0 Å². The largest absolute Gasteiger partial charge is 0.366 e. The Bertz CT molecular complexity index is 1230. The minimum atomic E-state index is -0.205. The number of carbonyl (C=O) groups excluding carboxylic acids is 2. The molecule has 1 aliphatic carbocycles. The number of unbranched alkanes of at least 4 members (excludes halogenated alkanes) is 1. The fraction of sp³-hybridized carbons (Fsp3) is 0.393. The summed E-state index contributed by atoms with van der Waals surface area (Å²) in [6.07, 6.45) is 8.42. The molecule has 2 amide bonds. The molecule has 10 nitrogen and oxygen atoms in total. The maximum Gasteiger partial charge on any atom is 0.246 e. The van der Waals surface area contributed by atoms with Gasteiger partial charge in [0.2, 0.25) is 17.8 Å². The van der Waals surface area contributed by atoms with E-state index in [-0.39, 0.29) is 18.4 Å². The zero-order valence-corrected chi connectivity index (χ0v) is 22.1. The van der Waals surface area contributed by atoms with E-state index in [1.807, 2.05) is 31.1 Å². The highest BCUT2D eigenvalue weighted by Gasteiger charge is 2.22. The lowest BCUT2D eigenvalue weighted by Crippen LogP contribution is -2.38. The molecule has 1 aromatic heterocycles. The molecule has 1 fully saturated rings. The molecule has 0 radical (unpaired) electrons. The Labute approximate surface area is 224 Å². The quantitative estimate of drug-likeness (QED) is 0.224. The number of hydrogen-bond donors (Lipinski definition) is 3. The lowest BCUT2D eigenvalue weighted by molar-refractivity contribution is -0.131. The molecule has 1 heterocycles. The number of likely N-dealkylation sites (N-methyl/N-ethyl adjacent to an activating group) is 2. The van der Waals surface area contributed by atoms with Crippen LogP contribution in [0.1, 0.15) is 36.8 Å². The van der Waals surface area contributed by atoms with Crippen molar-refractivity contribution < 1.29 is 9.59 Å². The third-order valence-corrected chi connectivity index (χ3v) is 5.49. The second-order valence-electron chi connectivity index (χ2n) is 9.30. The Kier molecular flexibility index (Phi) is 10.6. The summed E-state index contributed by atoms with van der Waals surface area (Å²) in [5.74, 6) is 6.99. The molecule has 1 saturated carbocycles. The highest BCUT2D eigenvalue weighted by molar-refractivity contribution is 5.91. The van der Waals surface area contributed by atoms with E-state index in [0.29, 0.717) is 54.9 Å². The van der Waals surface area contributed by atoms with E-state index in [0.717, 1.165) is 18.5 Å². The van der Waals surface area contributed by atoms with Crippen LogP contribution < -0.4 is 16.0 Å². The third-order valence-electron chi connectivity index (χ3n) is 5.49. The van der Waals surface area contributed by atoms with Gasteiger partial charge in [-0.05, 0) is 57.6 Å². The van der Waals surface area contributed by atoms with Crippen molar-refractivity contribution in [2.75, 3.05) is 51.4 Å². The first-order valence-electron chi connectivity index (χ1n) is 12.6. The van der Waals surface area contributed by atoms with Gasteiger partial charge >= 0.3 is 0 Å². The highest BCUT2D eigenvalue weighted by atomic mass is 16.2. The Morgan fingerprint density at radius 2 is 1.95 bits per heavy atom. The molecule has 0 saturated heterocycles. The highest BCUT2D eigenvalue weighted by Crippen LogP contribution is 2.26. The van der Waals surface area contributed by atoms with Crippen LogP contribution in [0.25, 0.3) is 0 Å². The fourth-order valence-electron chi connectivity index (χ4n) is 3.22. The summed E-state index contributed by atoms with van der Waals surface area (Å²) < 4.78 is 0. The normalized spacial score (nSPS) is 12.4. The number of hydrogen-bond acceptors (Lipinski definition) is 8. The van der Waals surface area contributed by atoms with Crippen LogP contribution in [-0.4, -0.2) is 78.4 Å². The van der Waals surface area contributed by atoms with E-state index in [2.05, 4.69) is 43.8 Å². The SMILES string of the molecule is CN(C)C/C=C/C(=O)N(C)CC(=O)NCCCC#Cc1cnc(Nc2ccc(C#N)cc2)nc1NC1CC1. The van der Waals surface area contributed by atoms with Gasteiger partial charge in [-0.3, -0.25) is 9.59 Å². The first-order valence-corrected chi connectivity index (χ1v) is 12.6. The van der Waals surface area contributed by atoms with Crippen LogP contribution in [0.4, 0.5) is 17.5 Å². The summed E-state index contributed by atoms with van der Waals surface area (Å²) >= 11 is 0. The summed E-state index contributed by atoms with van der Waals surface area (Å²) in [6.45, 7) is 1.15. The minimum Gasteiger partial charge on any atom is -0.366 e. The van der Waals surface area contributed by atoms with Gasteiger partial charge in [-0.15, -0.1) is 0 Å². The Balaban J connectivity index is 1.46. The number of rotatable bonds is 12. The van der Waals surface area contributed by atoms with Crippen molar-refractivity contribution in [3.05, 3.63) is 53.7 Å². The van der Waals surface area contributed by atoms with Crippen LogP contribution in [0.15, 0.2) is 42.6 Å². The van der Waals surface area contributed by atoms with Crippen molar-refractivity contribution in [1.82, 2.24) is 25.1 Å². The number of amides is 2. The van der Waals surface area contributed by atoms with Crippen molar-refractivity contribution in [3.8, 4) is 17.9 Å². The van der Waals surface area contributed by atoms with Crippen molar-refractivity contribution >= 4 is 29.3 Å². The standard InChI is InChI=1S/C28H34N8O2/c1-35(2)17-7-9-26(38)36(3)20-25(37)30-16-6-4-5-8-22-19-31-28(34-27(22)32-23-14-15-23)33-24-12-10-21(18-29)11-13-24/h7,9-13,19,23H,4,6,14-17,20H2,1-3H3,(H,30,37)(H2,31,32,33,34)/b9-7+. The van der Waals surface area contributed by atoms with E-state index in [1.54, 1.807) is 31.5 Å². The Morgan fingerprint density at radius 1 is 1.18 bits per heavy atom. The van der Waals surface area contributed by atoms with Crippen LogP contribution in [-0.2, 0) is 9.59 Å². The maximum atomic E-state index is 12.1. The van der Waals surface area contributed by atoms with E-state index >= 15 is 0 Å². The number of carbonyl (C=O) groups is 2. The monoisotopic (exact) mass is 514 g/mol. The van der Waals surface area contributed by atoms with Crippen LogP contribution in [0, 0.1) is 23.2 Å². The Hall–Kier alpha value is -4.41. The molecule has 0 bridgehead atoms. The molecule has 2 aromatic rings. The second kappa shape index (κ2) is 14.4. The molecule has 3 N–H and O–H groups in total. The lowest BCUT2D eigenvalue weighted by Gasteiger charge is -2.14. The number of nitrogens with one attached hydrogen (secondary N) is 3. The fourth-order valence-corrected chi connectivity index (χ4v) is 3.22. The summed E-state index contributed by atoms with van der Waals surface area (Å²) in [6, 6.07) is 9.58. The summed E-state index contributed by atoms with van der Waals surface area (Å²) in [5, 5.41) is 18.3. The van der Waals surface area contributed by atoms with Gasteiger partial charge in [0, 0.05) is 44.4 Å². The second-order valence-corrected chi connectivity index (χ2v) is 9.30. The number of anilines is 3. The van der Waals surface area contributed by atoms with E-state index < -0.39 is 0 Å². The van der Waals surface area contributed by atoms with Crippen LogP contribution in [0.3, 0.4) is 0 Å². The van der Waals surface area contributed by atoms with E-state index in [4.69, 9.17) is 5.26 Å². The predicted molar refractivity (Wildman–Crippen MR) is 148 cm³/mol. The lowest BCUT2D eigenvalue weighted by atomic mass is 10.2. The number of nitriles is 1. The molecule has 0 unspecified atom stereocenters. The molecule has 38 heavy (non-hydrogen) atoms. The van der Waals surface area contributed by atoms with Crippen molar-refractivity contribution in [2.45, 2.75) is 31.7 Å².